The number of carboxylic acid groups (broad SMARTS) is 1. The number of carbonyl (C=O) groups excluding carboxylic acids is 1. The third-order valence-electron chi connectivity index (χ3n) is 6.41. The first-order valence-corrected chi connectivity index (χ1v) is 12.3. The molecule has 0 unspecified atom stereocenters. The van der Waals surface area contributed by atoms with E-state index in [-0.39, 0.29) is 24.5 Å². The zero-order valence-electron chi connectivity index (χ0n) is 20.3. The Bertz CT molecular complexity index is 1130. The molecular weight excluding hydrogens is 450 g/mol. The Balaban J connectivity index is 1.64. The first kappa shape index (κ1) is 25.8. The summed E-state index contributed by atoms with van der Waals surface area (Å²) < 4.78 is 7.31. The molecule has 0 spiro atoms. The number of ketones is 1. The van der Waals surface area contributed by atoms with Gasteiger partial charge in [0.25, 0.3) is 0 Å². The van der Waals surface area contributed by atoms with Crippen molar-refractivity contribution in [2.24, 2.45) is 13.0 Å². The lowest BCUT2D eigenvalue weighted by molar-refractivity contribution is -0.137. The molecule has 1 atom stereocenters. The molecule has 0 aliphatic heterocycles. The van der Waals surface area contributed by atoms with Crippen molar-refractivity contribution in [1.29, 1.82) is 0 Å². The summed E-state index contributed by atoms with van der Waals surface area (Å²) in [5, 5.41) is 10.5. The van der Waals surface area contributed by atoms with Gasteiger partial charge in [0.05, 0.1) is 7.11 Å². The smallest absolute Gasteiger partial charge is 0.303 e. The number of aromatic nitrogens is 1. The summed E-state index contributed by atoms with van der Waals surface area (Å²) >= 11 is 6.26. The number of methoxy groups -OCH3 is 1. The quantitative estimate of drug-likeness (QED) is 0.213. The summed E-state index contributed by atoms with van der Waals surface area (Å²) in [6.45, 7) is 1.81. The number of rotatable bonds is 13. The van der Waals surface area contributed by atoms with E-state index in [1.165, 1.54) is 5.56 Å². The van der Waals surface area contributed by atoms with E-state index in [9.17, 15) is 9.59 Å². The molecule has 0 saturated heterocycles. The molecule has 1 heterocycles. The average molecular weight is 484 g/mol. The van der Waals surface area contributed by atoms with Crippen LogP contribution in [0.1, 0.15) is 67.1 Å². The average Bonchev–Trinajstić information content (AvgIpc) is 3.06. The highest BCUT2D eigenvalue weighted by Gasteiger charge is 2.23. The van der Waals surface area contributed by atoms with Gasteiger partial charge in [-0.3, -0.25) is 9.59 Å². The Labute approximate surface area is 206 Å². The summed E-state index contributed by atoms with van der Waals surface area (Å²) in [4.78, 5) is 24.3. The third-order valence-corrected chi connectivity index (χ3v) is 6.64. The molecule has 0 fully saturated rings. The van der Waals surface area contributed by atoms with E-state index in [1.54, 1.807) is 7.11 Å². The molecule has 0 aliphatic carbocycles. The van der Waals surface area contributed by atoms with Gasteiger partial charge in [0.15, 0.2) is 5.78 Å². The molecule has 2 aromatic carbocycles. The van der Waals surface area contributed by atoms with E-state index in [4.69, 9.17) is 21.4 Å². The molecule has 0 radical (unpaired) electrons. The van der Waals surface area contributed by atoms with Crippen LogP contribution >= 0.6 is 11.6 Å². The second-order valence-electron chi connectivity index (χ2n) is 9.13. The Morgan fingerprint density at radius 2 is 1.68 bits per heavy atom. The molecule has 0 saturated carbocycles. The molecular formula is C28H34ClNO4. The number of carboxylic acids is 1. The molecule has 3 aromatic rings. The van der Waals surface area contributed by atoms with Gasteiger partial charge in [-0.1, -0.05) is 43.5 Å². The molecule has 0 bridgehead atoms. The lowest BCUT2D eigenvalue weighted by atomic mass is 9.94. The number of ether oxygens (including phenoxy) is 1. The van der Waals surface area contributed by atoms with Gasteiger partial charge >= 0.3 is 5.97 Å². The maximum atomic E-state index is 13.3. The second-order valence-corrected chi connectivity index (χ2v) is 9.57. The SMILES string of the molecule is COc1ccc(CCCCCCc2c(C(=O)C[C@H](C)CC(=O)O)c3cc(Cl)ccc3n2C)cc1. The number of hydrogen-bond acceptors (Lipinski definition) is 3. The number of carbonyl (C=O) groups is 2. The van der Waals surface area contributed by atoms with Crippen LogP contribution < -0.4 is 4.74 Å². The highest BCUT2D eigenvalue weighted by molar-refractivity contribution is 6.31. The van der Waals surface area contributed by atoms with E-state index in [0.717, 1.165) is 60.9 Å². The minimum absolute atomic E-state index is 0.00359. The normalized spacial score (nSPS) is 12.1. The van der Waals surface area contributed by atoms with E-state index in [2.05, 4.69) is 16.7 Å². The zero-order chi connectivity index (χ0) is 24.7. The van der Waals surface area contributed by atoms with Gasteiger partial charge in [0.1, 0.15) is 5.75 Å². The van der Waals surface area contributed by atoms with Crippen LogP contribution in [0.5, 0.6) is 5.75 Å². The molecule has 0 amide bonds. The fourth-order valence-electron chi connectivity index (χ4n) is 4.63. The number of benzene rings is 2. The van der Waals surface area contributed by atoms with Gasteiger partial charge in [0, 0.05) is 47.1 Å². The maximum Gasteiger partial charge on any atom is 0.303 e. The van der Waals surface area contributed by atoms with Crippen LogP contribution in [-0.4, -0.2) is 28.5 Å². The fourth-order valence-corrected chi connectivity index (χ4v) is 4.80. The Kier molecular flexibility index (Phi) is 9.17. The lowest BCUT2D eigenvalue weighted by Crippen LogP contribution is -2.12. The number of halogens is 1. The van der Waals surface area contributed by atoms with Crippen molar-refractivity contribution in [3.05, 3.63) is 64.3 Å². The van der Waals surface area contributed by atoms with Gasteiger partial charge in [-0.15, -0.1) is 0 Å². The highest BCUT2D eigenvalue weighted by atomic mass is 35.5. The van der Waals surface area contributed by atoms with Gasteiger partial charge < -0.3 is 14.4 Å². The minimum atomic E-state index is -0.879. The van der Waals surface area contributed by atoms with Crippen molar-refractivity contribution < 1.29 is 19.4 Å². The minimum Gasteiger partial charge on any atom is -0.497 e. The molecule has 1 N–H and O–H groups in total. The number of fused-ring (bicyclic) bond motifs is 1. The van der Waals surface area contributed by atoms with Gasteiger partial charge in [-0.2, -0.15) is 0 Å². The monoisotopic (exact) mass is 483 g/mol. The van der Waals surface area contributed by atoms with Crippen LogP contribution in [0.3, 0.4) is 0 Å². The van der Waals surface area contributed by atoms with E-state index in [1.807, 2.05) is 44.3 Å². The number of hydrogen-bond donors (Lipinski definition) is 1. The van der Waals surface area contributed by atoms with Crippen molar-refractivity contribution in [1.82, 2.24) is 4.57 Å². The largest absolute Gasteiger partial charge is 0.497 e. The number of Topliss-reactive ketones (excluding diaryl/α,β-unsaturated/α-hetero) is 1. The summed E-state index contributed by atoms with van der Waals surface area (Å²) in [5.41, 5.74) is 4.01. The standard InChI is InChI=1S/C28H34ClNO4/c1-19(17-27(32)33)16-26(31)28-23-18-21(29)12-15-24(23)30(2)25(28)9-7-5-4-6-8-20-10-13-22(34-3)14-11-20/h10-15,18-19H,4-9,16-17H2,1-3H3,(H,32,33)/t19-/m0/s1. The van der Waals surface area contributed by atoms with Crippen molar-refractivity contribution in [2.75, 3.05) is 7.11 Å². The molecule has 1 aromatic heterocycles. The lowest BCUT2D eigenvalue weighted by Gasteiger charge is -2.11. The summed E-state index contributed by atoms with van der Waals surface area (Å²) in [6.07, 6.45) is 6.37. The Hall–Kier alpha value is -2.79. The van der Waals surface area contributed by atoms with Crippen LogP contribution in [0.4, 0.5) is 0 Å². The first-order chi connectivity index (χ1) is 16.3. The molecule has 6 heteroatoms. The highest BCUT2D eigenvalue weighted by Crippen LogP contribution is 2.31. The summed E-state index contributed by atoms with van der Waals surface area (Å²) in [6, 6.07) is 13.9. The summed E-state index contributed by atoms with van der Waals surface area (Å²) in [7, 11) is 3.67. The topological polar surface area (TPSA) is 68.5 Å². The van der Waals surface area contributed by atoms with Crippen LogP contribution in [-0.2, 0) is 24.7 Å². The number of nitrogens with zero attached hydrogens (tertiary/aromatic N) is 1. The molecule has 5 nitrogen and oxygen atoms in total. The van der Waals surface area contributed by atoms with Crippen molar-refractivity contribution in [3.8, 4) is 5.75 Å². The molecule has 0 aliphatic rings. The van der Waals surface area contributed by atoms with Crippen molar-refractivity contribution in [3.63, 3.8) is 0 Å². The van der Waals surface area contributed by atoms with Gasteiger partial charge in [-0.05, 0) is 67.5 Å². The number of aliphatic carboxylic acids is 1. The van der Waals surface area contributed by atoms with Crippen LogP contribution in [0.15, 0.2) is 42.5 Å². The molecule has 34 heavy (non-hydrogen) atoms. The van der Waals surface area contributed by atoms with Crippen LogP contribution in [0.2, 0.25) is 5.02 Å². The fraction of sp³-hybridized carbons (Fsp3) is 0.429. The Morgan fingerprint density at radius 1 is 1.00 bits per heavy atom. The second kappa shape index (κ2) is 12.1. The van der Waals surface area contributed by atoms with Gasteiger partial charge in [-0.25, -0.2) is 0 Å². The van der Waals surface area contributed by atoms with Crippen molar-refractivity contribution in [2.45, 2.75) is 58.3 Å². The van der Waals surface area contributed by atoms with Crippen molar-refractivity contribution >= 4 is 34.3 Å². The summed E-state index contributed by atoms with van der Waals surface area (Å²) in [5.74, 6) is -0.222. The third kappa shape index (κ3) is 6.63. The van der Waals surface area contributed by atoms with E-state index >= 15 is 0 Å². The maximum absolute atomic E-state index is 13.3. The Morgan fingerprint density at radius 3 is 2.32 bits per heavy atom. The first-order valence-electron chi connectivity index (χ1n) is 11.9. The molecule has 3 rings (SSSR count). The predicted molar refractivity (Wildman–Crippen MR) is 137 cm³/mol. The zero-order valence-corrected chi connectivity index (χ0v) is 21.0. The number of aryl methyl sites for hydroxylation is 2. The van der Waals surface area contributed by atoms with Crippen LogP contribution in [0.25, 0.3) is 10.9 Å². The van der Waals surface area contributed by atoms with Crippen LogP contribution in [0, 0.1) is 5.92 Å². The molecule has 182 valence electrons. The van der Waals surface area contributed by atoms with E-state index in [0.29, 0.717) is 10.6 Å². The number of unbranched alkanes of at least 4 members (excludes halogenated alkanes) is 3. The predicted octanol–water partition coefficient (Wildman–Crippen LogP) is 6.87. The van der Waals surface area contributed by atoms with E-state index < -0.39 is 5.97 Å². The van der Waals surface area contributed by atoms with Gasteiger partial charge in [0.2, 0.25) is 0 Å².